The third-order valence-corrected chi connectivity index (χ3v) is 0.399. The minimum atomic E-state index is -1.69. The molecule has 1 unspecified atom stereocenters. The molecule has 0 rings (SSSR count). The van der Waals surface area contributed by atoms with E-state index in [-0.39, 0.29) is 0 Å². The van der Waals surface area contributed by atoms with E-state index >= 15 is 0 Å². The van der Waals surface area contributed by atoms with Crippen LogP contribution in [0.3, 0.4) is 0 Å². The predicted octanol–water partition coefficient (Wildman–Crippen LogP) is 1.03. The van der Waals surface area contributed by atoms with Gasteiger partial charge in [-0.05, 0) is 6.92 Å². The maximum Gasteiger partial charge on any atom is 0.126 e. The summed E-state index contributed by atoms with van der Waals surface area (Å²) in [6.07, 6.45) is 1.05. The molecule has 0 N–H and O–H groups in total. The number of alkyl halides is 1. The summed E-state index contributed by atoms with van der Waals surface area (Å²) < 4.78 is 11.8. The van der Waals surface area contributed by atoms with E-state index in [9.17, 15) is 4.39 Å². The van der Waals surface area contributed by atoms with Crippen molar-refractivity contribution in [1.82, 2.24) is 0 Å². The molecule has 0 aliphatic rings. The Bertz CT molecular complexity index is 53.1. The van der Waals surface area contributed by atoms with Crippen molar-refractivity contribution < 1.29 is 4.39 Å². The zero-order valence-electron chi connectivity index (χ0n) is 3.74. The quantitative estimate of drug-likeness (QED) is 0.328. The lowest BCUT2D eigenvalue weighted by atomic mass is 9.86. The van der Waals surface area contributed by atoms with Crippen LogP contribution in [-0.4, -0.2) is 13.4 Å². The van der Waals surface area contributed by atoms with E-state index in [1.165, 1.54) is 6.92 Å². The van der Waals surface area contributed by atoms with Crippen LogP contribution in [-0.2, 0) is 0 Å². The van der Waals surface area contributed by atoms with Gasteiger partial charge >= 0.3 is 0 Å². The van der Waals surface area contributed by atoms with Crippen LogP contribution >= 0.6 is 0 Å². The topological polar surface area (TPSA) is 0 Å². The minimum Gasteiger partial charge on any atom is -0.251 e. The summed E-state index contributed by atoms with van der Waals surface area (Å²) in [5.74, 6) is 0. The first-order valence-electron chi connectivity index (χ1n) is 1.67. The standard InChI is InChI=1S/C4H6BF/c1-3-4(2,5)6/h3H,1H2,2H3. The maximum absolute atomic E-state index is 11.8. The van der Waals surface area contributed by atoms with Gasteiger partial charge in [0, 0.05) is 0 Å². The molecule has 0 aromatic heterocycles. The van der Waals surface area contributed by atoms with Gasteiger partial charge in [-0.3, -0.25) is 4.39 Å². The fraction of sp³-hybridized carbons (Fsp3) is 0.500. The lowest BCUT2D eigenvalue weighted by Crippen LogP contribution is -2.11. The normalized spacial score (nSPS) is 19.0. The molecule has 0 nitrogen and oxygen atoms in total. The van der Waals surface area contributed by atoms with Crippen molar-refractivity contribution in [2.45, 2.75) is 12.5 Å². The highest BCUT2D eigenvalue weighted by Gasteiger charge is 2.05. The van der Waals surface area contributed by atoms with Gasteiger partial charge < -0.3 is 0 Å². The summed E-state index contributed by atoms with van der Waals surface area (Å²) in [5, 5.41) is 0. The van der Waals surface area contributed by atoms with Crippen LogP contribution in [0.5, 0.6) is 0 Å². The van der Waals surface area contributed by atoms with Crippen molar-refractivity contribution in [3.63, 3.8) is 0 Å². The average molecular weight is 83.9 g/mol. The first-order valence-corrected chi connectivity index (χ1v) is 1.67. The Morgan fingerprint density at radius 3 is 2.17 bits per heavy atom. The Balaban J connectivity index is 3.45. The Labute approximate surface area is 38.5 Å². The van der Waals surface area contributed by atoms with Crippen LogP contribution in [0.1, 0.15) is 6.92 Å². The van der Waals surface area contributed by atoms with E-state index in [2.05, 4.69) is 6.58 Å². The number of hydrogen-bond acceptors (Lipinski definition) is 0. The summed E-state index contributed by atoms with van der Waals surface area (Å²) in [6.45, 7) is 4.37. The Morgan fingerprint density at radius 1 is 2.00 bits per heavy atom. The second-order valence-electron chi connectivity index (χ2n) is 1.36. The van der Waals surface area contributed by atoms with Gasteiger partial charge in [-0.25, -0.2) is 0 Å². The maximum atomic E-state index is 11.8. The third-order valence-electron chi connectivity index (χ3n) is 0.399. The second-order valence-corrected chi connectivity index (χ2v) is 1.36. The van der Waals surface area contributed by atoms with Gasteiger partial charge in [-0.15, -0.1) is 6.58 Å². The van der Waals surface area contributed by atoms with Crippen molar-refractivity contribution in [2.75, 3.05) is 0 Å². The molecule has 0 spiro atoms. The Morgan fingerprint density at radius 2 is 2.17 bits per heavy atom. The molecule has 6 heavy (non-hydrogen) atoms. The lowest BCUT2D eigenvalue weighted by molar-refractivity contribution is 0.376. The highest BCUT2D eigenvalue weighted by atomic mass is 19.1. The zero-order valence-corrected chi connectivity index (χ0v) is 3.74. The first kappa shape index (κ1) is 5.73. The molecule has 0 heterocycles. The largest absolute Gasteiger partial charge is 0.251 e. The summed E-state index contributed by atoms with van der Waals surface area (Å²) in [4.78, 5) is 0. The van der Waals surface area contributed by atoms with Gasteiger partial charge in [-0.2, -0.15) is 0 Å². The second kappa shape index (κ2) is 1.46. The molecule has 0 saturated heterocycles. The first-order chi connectivity index (χ1) is 2.56. The van der Waals surface area contributed by atoms with Gasteiger partial charge in [0.2, 0.25) is 0 Å². The van der Waals surface area contributed by atoms with E-state index in [1.54, 1.807) is 0 Å². The molecule has 0 saturated carbocycles. The van der Waals surface area contributed by atoms with Crippen LogP contribution < -0.4 is 0 Å². The molecule has 0 aliphatic carbocycles. The fourth-order valence-corrected chi connectivity index (χ4v) is 0. The van der Waals surface area contributed by atoms with Gasteiger partial charge in [0.1, 0.15) is 7.85 Å². The average Bonchev–Trinajstić information content (AvgIpc) is 1.35. The predicted molar refractivity (Wildman–Crippen MR) is 25.5 cm³/mol. The SMILES string of the molecule is [B]C(C)(F)C=C. The van der Waals surface area contributed by atoms with Crippen LogP contribution in [0.2, 0.25) is 0 Å². The molecule has 32 valence electrons. The smallest absolute Gasteiger partial charge is 0.126 e. The highest BCUT2D eigenvalue weighted by molar-refractivity contribution is 6.15. The van der Waals surface area contributed by atoms with Crippen molar-refractivity contribution >= 4 is 7.85 Å². The molecule has 0 aromatic carbocycles. The van der Waals surface area contributed by atoms with Gasteiger partial charge in [-0.1, -0.05) is 6.08 Å². The van der Waals surface area contributed by atoms with Crippen LogP contribution in [0.4, 0.5) is 4.39 Å². The molecule has 0 amide bonds. The Kier molecular flexibility index (Phi) is 1.39. The van der Waals surface area contributed by atoms with Crippen LogP contribution in [0.25, 0.3) is 0 Å². The Hall–Kier alpha value is -0.265. The molecule has 0 bridgehead atoms. The summed E-state index contributed by atoms with van der Waals surface area (Å²) in [6, 6.07) is 0. The zero-order chi connectivity index (χ0) is 5.21. The van der Waals surface area contributed by atoms with E-state index < -0.39 is 5.57 Å². The number of halogens is 1. The molecule has 0 fully saturated rings. The molecule has 0 aromatic rings. The van der Waals surface area contributed by atoms with Crippen molar-refractivity contribution in [3.05, 3.63) is 12.7 Å². The molecular formula is C4H6BF. The molecular weight excluding hydrogens is 77.9 g/mol. The van der Waals surface area contributed by atoms with E-state index in [0.29, 0.717) is 0 Å². The number of rotatable bonds is 1. The van der Waals surface area contributed by atoms with Gasteiger partial charge in [0.15, 0.2) is 0 Å². The van der Waals surface area contributed by atoms with Crippen LogP contribution in [0.15, 0.2) is 12.7 Å². The molecule has 2 radical (unpaired) electrons. The van der Waals surface area contributed by atoms with E-state index in [0.717, 1.165) is 6.08 Å². The molecule has 1 atom stereocenters. The van der Waals surface area contributed by atoms with E-state index in [1.807, 2.05) is 0 Å². The third kappa shape index (κ3) is 3.73. The van der Waals surface area contributed by atoms with Gasteiger partial charge in [0.05, 0.1) is 5.57 Å². The monoisotopic (exact) mass is 84.1 g/mol. The number of hydrogen-bond donors (Lipinski definition) is 0. The highest BCUT2D eigenvalue weighted by Crippen LogP contribution is 2.01. The summed E-state index contributed by atoms with van der Waals surface area (Å²) >= 11 is 0. The summed E-state index contributed by atoms with van der Waals surface area (Å²) in [7, 11) is 4.75. The fourth-order valence-electron chi connectivity index (χ4n) is 0. The van der Waals surface area contributed by atoms with Gasteiger partial charge in [0.25, 0.3) is 0 Å². The van der Waals surface area contributed by atoms with Crippen molar-refractivity contribution in [2.24, 2.45) is 0 Å². The van der Waals surface area contributed by atoms with Crippen LogP contribution in [0, 0.1) is 0 Å². The lowest BCUT2D eigenvalue weighted by Gasteiger charge is -2.03. The molecule has 0 aliphatic heterocycles. The number of allylic oxidation sites excluding steroid dienone is 1. The van der Waals surface area contributed by atoms with Crippen molar-refractivity contribution in [3.8, 4) is 0 Å². The minimum absolute atomic E-state index is 1.05. The summed E-state index contributed by atoms with van der Waals surface area (Å²) in [5.41, 5.74) is -1.69. The molecule has 2 heteroatoms. The van der Waals surface area contributed by atoms with E-state index in [4.69, 9.17) is 7.85 Å². The van der Waals surface area contributed by atoms with Crippen molar-refractivity contribution in [1.29, 1.82) is 0 Å².